The van der Waals surface area contributed by atoms with E-state index >= 15 is 0 Å². The van der Waals surface area contributed by atoms with E-state index in [1.165, 1.54) is 16.8 Å². The first kappa shape index (κ1) is 21.6. The first-order valence-corrected chi connectivity index (χ1v) is 11.1. The molecule has 1 aliphatic rings. The zero-order valence-electron chi connectivity index (χ0n) is 18.6. The molecule has 3 aromatic carbocycles. The summed E-state index contributed by atoms with van der Waals surface area (Å²) in [4.78, 5) is 29.8. The highest BCUT2D eigenvalue weighted by atomic mass is 16.2. The Morgan fingerprint density at radius 3 is 1.88 bits per heavy atom. The van der Waals surface area contributed by atoms with E-state index in [-0.39, 0.29) is 6.04 Å². The molecule has 1 fully saturated rings. The Hall–Kier alpha value is -3.60. The molecule has 0 unspecified atom stereocenters. The number of hydrogen-bond donors (Lipinski definition) is 1. The largest absolute Gasteiger partial charge is 0.368 e. The number of hydrogen-bond acceptors (Lipinski definition) is 3. The van der Waals surface area contributed by atoms with Crippen LogP contribution in [0.25, 0.3) is 0 Å². The highest BCUT2D eigenvalue weighted by Gasteiger charge is 2.28. The van der Waals surface area contributed by atoms with Gasteiger partial charge in [-0.1, -0.05) is 72.8 Å². The van der Waals surface area contributed by atoms with E-state index in [9.17, 15) is 9.59 Å². The van der Waals surface area contributed by atoms with Crippen LogP contribution in [-0.4, -0.2) is 42.9 Å². The number of piperazine rings is 1. The predicted octanol–water partition coefficient (Wildman–Crippen LogP) is 3.86. The molecule has 5 heteroatoms. The van der Waals surface area contributed by atoms with E-state index in [4.69, 9.17) is 0 Å². The van der Waals surface area contributed by atoms with Crippen molar-refractivity contribution >= 4 is 17.5 Å². The Morgan fingerprint density at radius 1 is 0.750 bits per heavy atom. The van der Waals surface area contributed by atoms with Crippen molar-refractivity contribution in [1.82, 2.24) is 10.2 Å². The molecule has 164 valence electrons. The average Bonchev–Trinajstić information content (AvgIpc) is 2.85. The molecule has 3 aromatic rings. The van der Waals surface area contributed by atoms with Crippen LogP contribution in [0.3, 0.4) is 0 Å². The van der Waals surface area contributed by atoms with E-state index in [1.54, 1.807) is 4.90 Å². The molecule has 2 amide bonds. The maximum absolute atomic E-state index is 13.0. The third-order valence-corrected chi connectivity index (χ3v) is 6.22. The Kier molecular flexibility index (Phi) is 6.55. The molecule has 0 aromatic heterocycles. The summed E-state index contributed by atoms with van der Waals surface area (Å²) in [5.41, 5.74) is 5.61. The highest BCUT2D eigenvalue weighted by Crippen LogP contribution is 2.24. The summed E-state index contributed by atoms with van der Waals surface area (Å²) in [5, 5.41) is 2.96. The van der Waals surface area contributed by atoms with E-state index in [0.717, 1.165) is 11.1 Å². The van der Waals surface area contributed by atoms with Crippen LogP contribution in [0.1, 0.15) is 28.3 Å². The average molecular weight is 428 g/mol. The van der Waals surface area contributed by atoms with Crippen LogP contribution in [0.15, 0.2) is 78.9 Å². The lowest BCUT2D eigenvalue weighted by molar-refractivity contribution is -0.146. The van der Waals surface area contributed by atoms with Gasteiger partial charge in [0.15, 0.2) is 0 Å². The SMILES string of the molecule is Cc1cccc(N2CCN(C(=O)C(=O)NC(c3ccccc3)c3ccccc3)CC2)c1C. The second-order valence-corrected chi connectivity index (χ2v) is 8.23. The Morgan fingerprint density at radius 2 is 1.31 bits per heavy atom. The van der Waals surface area contributed by atoms with E-state index in [1.807, 2.05) is 60.7 Å². The summed E-state index contributed by atoms with van der Waals surface area (Å²) < 4.78 is 0. The number of benzene rings is 3. The molecule has 1 aliphatic heterocycles. The quantitative estimate of drug-likeness (QED) is 0.644. The third kappa shape index (κ3) is 4.67. The molecule has 0 aliphatic carbocycles. The number of nitrogens with zero attached hydrogens (tertiary/aromatic N) is 2. The van der Waals surface area contributed by atoms with Crippen molar-refractivity contribution < 1.29 is 9.59 Å². The number of nitrogens with one attached hydrogen (secondary N) is 1. The standard InChI is InChI=1S/C27H29N3O2/c1-20-10-9-15-24(21(20)2)29-16-18-30(19-17-29)27(32)26(31)28-25(22-11-5-3-6-12-22)23-13-7-4-8-14-23/h3-15,25H,16-19H2,1-2H3,(H,28,31). The zero-order chi connectivity index (χ0) is 22.5. The predicted molar refractivity (Wildman–Crippen MR) is 128 cm³/mol. The van der Waals surface area contributed by atoms with Crippen LogP contribution in [0.4, 0.5) is 5.69 Å². The molecular weight excluding hydrogens is 398 g/mol. The number of aryl methyl sites for hydroxylation is 1. The van der Waals surface area contributed by atoms with Crippen LogP contribution in [0, 0.1) is 13.8 Å². The molecule has 1 heterocycles. The van der Waals surface area contributed by atoms with Gasteiger partial charge in [-0.15, -0.1) is 0 Å². The van der Waals surface area contributed by atoms with Crippen LogP contribution >= 0.6 is 0 Å². The summed E-state index contributed by atoms with van der Waals surface area (Å²) in [6.07, 6.45) is 0. The van der Waals surface area contributed by atoms with Crippen molar-refractivity contribution in [3.63, 3.8) is 0 Å². The monoisotopic (exact) mass is 427 g/mol. The minimum absolute atomic E-state index is 0.370. The molecule has 0 spiro atoms. The fourth-order valence-electron chi connectivity index (χ4n) is 4.22. The van der Waals surface area contributed by atoms with Crippen molar-refractivity contribution in [2.24, 2.45) is 0 Å². The Balaban J connectivity index is 1.43. The van der Waals surface area contributed by atoms with Gasteiger partial charge in [-0.25, -0.2) is 0 Å². The maximum Gasteiger partial charge on any atom is 0.312 e. The lowest BCUT2D eigenvalue weighted by atomic mass is 9.98. The second kappa shape index (κ2) is 9.69. The molecule has 0 radical (unpaired) electrons. The van der Waals surface area contributed by atoms with Gasteiger partial charge in [0, 0.05) is 31.9 Å². The van der Waals surface area contributed by atoms with Gasteiger partial charge in [0.25, 0.3) is 0 Å². The topological polar surface area (TPSA) is 52.7 Å². The molecule has 0 bridgehead atoms. The van der Waals surface area contributed by atoms with Crippen LogP contribution in [0.2, 0.25) is 0 Å². The Bertz CT molecular complexity index is 1040. The summed E-state index contributed by atoms with van der Waals surface area (Å²) >= 11 is 0. The summed E-state index contributed by atoms with van der Waals surface area (Å²) in [7, 11) is 0. The van der Waals surface area contributed by atoms with Gasteiger partial charge in [0.2, 0.25) is 0 Å². The van der Waals surface area contributed by atoms with Crippen molar-refractivity contribution in [2.45, 2.75) is 19.9 Å². The van der Waals surface area contributed by atoms with Gasteiger partial charge >= 0.3 is 11.8 Å². The summed E-state index contributed by atoms with van der Waals surface area (Å²) in [5.74, 6) is -1.04. The van der Waals surface area contributed by atoms with Gasteiger partial charge in [0.1, 0.15) is 0 Å². The lowest BCUT2D eigenvalue weighted by Gasteiger charge is -2.37. The van der Waals surface area contributed by atoms with Gasteiger partial charge < -0.3 is 15.1 Å². The minimum atomic E-state index is -0.567. The molecule has 1 N–H and O–H groups in total. The normalized spacial score (nSPS) is 13.8. The van der Waals surface area contributed by atoms with Gasteiger partial charge in [-0.3, -0.25) is 9.59 Å². The molecule has 32 heavy (non-hydrogen) atoms. The number of carbonyl (C=O) groups is 2. The van der Waals surface area contributed by atoms with Gasteiger partial charge in [-0.2, -0.15) is 0 Å². The molecule has 5 nitrogen and oxygen atoms in total. The molecule has 1 saturated heterocycles. The van der Waals surface area contributed by atoms with Crippen molar-refractivity contribution in [1.29, 1.82) is 0 Å². The number of rotatable bonds is 4. The summed E-state index contributed by atoms with van der Waals surface area (Å²) in [6, 6.07) is 25.4. The van der Waals surface area contributed by atoms with E-state index in [2.05, 4.69) is 42.3 Å². The van der Waals surface area contributed by atoms with Crippen molar-refractivity contribution in [3.8, 4) is 0 Å². The maximum atomic E-state index is 13.0. The molecule has 0 atom stereocenters. The van der Waals surface area contributed by atoms with Crippen molar-refractivity contribution in [3.05, 3.63) is 101 Å². The first-order valence-electron chi connectivity index (χ1n) is 11.1. The minimum Gasteiger partial charge on any atom is -0.368 e. The number of amides is 2. The van der Waals surface area contributed by atoms with Crippen LogP contribution < -0.4 is 10.2 Å². The Labute approximate surface area is 189 Å². The molecule has 4 rings (SSSR count). The van der Waals surface area contributed by atoms with Gasteiger partial charge in [-0.05, 0) is 42.2 Å². The fraction of sp³-hybridized carbons (Fsp3) is 0.259. The number of carbonyl (C=O) groups excluding carboxylic acids is 2. The third-order valence-electron chi connectivity index (χ3n) is 6.22. The summed E-state index contributed by atoms with van der Waals surface area (Å²) in [6.45, 7) is 6.72. The van der Waals surface area contributed by atoms with Crippen molar-refractivity contribution in [2.75, 3.05) is 31.1 Å². The lowest BCUT2D eigenvalue weighted by Crippen LogP contribution is -2.53. The van der Waals surface area contributed by atoms with Crippen LogP contribution in [-0.2, 0) is 9.59 Å². The number of anilines is 1. The zero-order valence-corrected chi connectivity index (χ0v) is 18.6. The molecule has 0 saturated carbocycles. The second-order valence-electron chi connectivity index (χ2n) is 8.23. The first-order chi connectivity index (χ1) is 15.5. The van der Waals surface area contributed by atoms with E-state index < -0.39 is 11.8 Å². The van der Waals surface area contributed by atoms with Crippen LogP contribution in [0.5, 0.6) is 0 Å². The van der Waals surface area contributed by atoms with Gasteiger partial charge in [0.05, 0.1) is 6.04 Å². The van der Waals surface area contributed by atoms with E-state index in [0.29, 0.717) is 26.2 Å². The molecular formula is C27H29N3O2. The highest BCUT2D eigenvalue weighted by molar-refractivity contribution is 6.35. The smallest absolute Gasteiger partial charge is 0.312 e. The fourth-order valence-corrected chi connectivity index (χ4v) is 4.22.